The van der Waals surface area contributed by atoms with E-state index in [2.05, 4.69) is 0 Å². The van der Waals surface area contributed by atoms with Crippen LogP contribution >= 0.6 is 0 Å². The predicted octanol–water partition coefficient (Wildman–Crippen LogP) is 4.02. The van der Waals surface area contributed by atoms with Gasteiger partial charge >= 0.3 is 0 Å². The van der Waals surface area contributed by atoms with Gasteiger partial charge in [-0.1, -0.05) is 29.8 Å². The zero-order valence-electron chi connectivity index (χ0n) is 15.8. The van der Waals surface area contributed by atoms with Crippen LogP contribution in [0, 0.1) is 6.92 Å². The first-order valence-corrected chi connectivity index (χ1v) is 9.07. The van der Waals surface area contributed by atoms with E-state index in [0.717, 1.165) is 11.1 Å². The Bertz CT molecular complexity index is 1000. The molecule has 1 aromatic heterocycles. The number of carbonyl (C=O) groups is 1. The highest BCUT2D eigenvalue weighted by Gasteiger charge is 2.12. The molecule has 0 bridgehead atoms. The first-order chi connectivity index (χ1) is 13.0. The van der Waals surface area contributed by atoms with Crippen LogP contribution in [0.4, 0.5) is 0 Å². The molecule has 140 valence electrons. The average molecular weight is 365 g/mol. The number of ether oxygens (including phenoxy) is 1. The van der Waals surface area contributed by atoms with Gasteiger partial charge in [0.05, 0.1) is 5.39 Å². The second kappa shape index (κ2) is 8.08. The van der Waals surface area contributed by atoms with Crippen LogP contribution in [0.1, 0.15) is 19.4 Å². The number of aryl methyl sites for hydroxylation is 1. The maximum absolute atomic E-state index is 12.5. The fourth-order valence-electron chi connectivity index (χ4n) is 2.90. The van der Waals surface area contributed by atoms with Crippen molar-refractivity contribution in [1.82, 2.24) is 4.90 Å². The normalized spacial score (nSPS) is 10.8. The number of rotatable bonds is 6. The summed E-state index contributed by atoms with van der Waals surface area (Å²) in [5.74, 6) is 0.915. The molecule has 0 saturated heterocycles. The molecule has 5 nitrogen and oxygen atoms in total. The Balaban J connectivity index is 1.85. The van der Waals surface area contributed by atoms with Crippen molar-refractivity contribution in [2.45, 2.75) is 20.8 Å². The topological polar surface area (TPSA) is 59.8 Å². The van der Waals surface area contributed by atoms with Gasteiger partial charge in [0.1, 0.15) is 17.1 Å². The van der Waals surface area contributed by atoms with Crippen LogP contribution in [0.2, 0.25) is 0 Å². The molecule has 1 heterocycles. The summed E-state index contributed by atoms with van der Waals surface area (Å²) in [5, 5.41) is 0.429. The van der Waals surface area contributed by atoms with Crippen molar-refractivity contribution in [3.05, 3.63) is 64.3 Å². The molecule has 0 spiro atoms. The smallest absolute Gasteiger partial charge is 0.260 e. The highest BCUT2D eigenvalue weighted by atomic mass is 16.5. The molecule has 0 N–H and O–H groups in total. The van der Waals surface area contributed by atoms with E-state index in [1.807, 2.05) is 45.0 Å². The van der Waals surface area contributed by atoms with Gasteiger partial charge < -0.3 is 14.1 Å². The quantitative estimate of drug-likeness (QED) is 0.662. The largest absolute Gasteiger partial charge is 0.484 e. The molecule has 3 rings (SSSR count). The van der Waals surface area contributed by atoms with Crippen LogP contribution in [0.3, 0.4) is 0 Å². The fraction of sp³-hybridized carbons (Fsp3) is 0.273. The van der Waals surface area contributed by atoms with Gasteiger partial charge in [-0.05, 0) is 39.0 Å². The summed E-state index contributed by atoms with van der Waals surface area (Å²) in [7, 11) is 0. The minimum absolute atomic E-state index is 0.0556. The predicted molar refractivity (Wildman–Crippen MR) is 106 cm³/mol. The van der Waals surface area contributed by atoms with Crippen LogP contribution in [0.15, 0.2) is 57.7 Å². The van der Waals surface area contributed by atoms with E-state index >= 15 is 0 Å². The van der Waals surface area contributed by atoms with Gasteiger partial charge in [-0.3, -0.25) is 9.59 Å². The zero-order valence-corrected chi connectivity index (χ0v) is 15.8. The summed E-state index contributed by atoms with van der Waals surface area (Å²) in [6, 6.07) is 14.3. The van der Waals surface area contributed by atoms with Gasteiger partial charge in [0, 0.05) is 24.7 Å². The van der Waals surface area contributed by atoms with Crippen molar-refractivity contribution in [2.75, 3.05) is 19.7 Å². The van der Waals surface area contributed by atoms with E-state index < -0.39 is 0 Å². The van der Waals surface area contributed by atoms with E-state index in [4.69, 9.17) is 9.15 Å². The Labute approximate surface area is 158 Å². The highest BCUT2D eigenvalue weighted by Crippen LogP contribution is 2.25. The van der Waals surface area contributed by atoms with Crippen LogP contribution in [-0.2, 0) is 4.79 Å². The Morgan fingerprint density at radius 1 is 1.04 bits per heavy atom. The standard InChI is InChI=1S/C22H23NO4/c1-4-23(5-2)22(25)14-26-17-10-11-20-18(12-17)19(24)13-21(27-20)16-8-6-15(3)7-9-16/h6-13H,4-5,14H2,1-3H3. The third-order valence-corrected chi connectivity index (χ3v) is 4.51. The SMILES string of the molecule is CCN(CC)C(=O)COc1ccc2oc(-c3ccc(C)cc3)cc(=O)c2c1. The lowest BCUT2D eigenvalue weighted by Crippen LogP contribution is -2.34. The van der Waals surface area contributed by atoms with Crippen LogP contribution in [-0.4, -0.2) is 30.5 Å². The third kappa shape index (κ3) is 4.19. The molecule has 0 fully saturated rings. The molecule has 3 aromatic rings. The number of fused-ring (bicyclic) bond motifs is 1. The molecule has 5 heteroatoms. The number of amides is 1. The molecule has 2 aromatic carbocycles. The molecule has 0 aliphatic heterocycles. The Kier molecular flexibility index (Phi) is 5.60. The summed E-state index contributed by atoms with van der Waals surface area (Å²) in [6.07, 6.45) is 0. The van der Waals surface area contributed by atoms with Crippen molar-refractivity contribution < 1.29 is 13.9 Å². The van der Waals surface area contributed by atoms with Crippen LogP contribution < -0.4 is 10.2 Å². The zero-order chi connectivity index (χ0) is 19.4. The number of carbonyl (C=O) groups excluding carboxylic acids is 1. The first-order valence-electron chi connectivity index (χ1n) is 9.07. The van der Waals surface area contributed by atoms with Crippen molar-refractivity contribution in [1.29, 1.82) is 0 Å². The van der Waals surface area contributed by atoms with Crippen molar-refractivity contribution >= 4 is 16.9 Å². The molecule has 0 unspecified atom stereocenters. The molecular formula is C22H23NO4. The van der Waals surface area contributed by atoms with Crippen molar-refractivity contribution in [3.63, 3.8) is 0 Å². The Morgan fingerprint density at radius 3 is 2.41 bits per heavy atom. The summed E-state index contributed by atoms with van der Waals surface area (Å²) in [6.45, 7) is 7.08. The van der Waals surface area contributed by atoms with E-state index in [1.54, 1.807) is 23.1 Å². The van der Waals surface area contributed by atoms with Crippen LogP contribution in [0.5, 0.6) is 5.75 Å². The second-order valence-electron chi connectivity index (χ2n) is 6.35. The lowest BCUT2D eigenvalue weighted by molar-refractivity contribution is -0.132. The van der Waals surface area contributed by atoms with Crippen LogP contribution in [0.25, 0.3) is 22.3 Å². The van der Waals surface area contributed by atoms with E-state index in [1.165, 1.54) is 6.07 Å². The molecule has 0 aliphatic rings. The van der Waals surface area contributed by atoms with Gasteiger partial charge in [0.15, 0.2) is 12.0 Å². The molecule has 0 aliphatic carbocycles. The second-order valence-corrected chi connectivity index (χ2v) is 6.35. The summed E-state index contributed by atoms with van der Waals surface area (Å²) < 4.78 is 11.5. The van der Waals surface area contributed by atoms with Gasteiger partial charge in [-0.15, -0.1) is 0 Å². The van der Waals surface area contributed by atoms with Crippen molar-refractivity contribution in [3.8, 4) is 17.1 Å². The van der Waals surface area contributed by atoms with E-state index in [0.29, 0.717) is 35.6 Å². The summed E-state index contributed by atoms with van der Waals surface area (Å²) in [4.78, 5) is 26.3. The average Bonchev–Trinajstić information content (AvgIpc) is 2.68. The maximum atomic E-state index is 12.5. The fourth-order valence-corrected chi connectivity index (χ4v) is 2.90. The number of hydrogen-bond donors (Lipinski definition) is 0. The lowest BCUT2D eigenvalue weighted by atomic mass is 10.1. The summed E-state index contributed by atoms with van der Waals surface area (Å²) in [5.41, 5.74) is 2.33. The molecule has 0 atom stereocenters. The van der Waals surface area contributed by atoms with Gasteiger partial charge in [0.2, 0.25) is 0 Å². The summed E-state index contributed by atoms with van der Waals surface area (Å²) >= 11 is 0. The van der Waals surface area contributed by atoms with Crippen molar-refractivity contribution in [2.24, 2.45) is 0 Å². The third-order valence-electron chi connectivity index (χ3n) is 4.51. The van der Waals surface area contributed by atoms with E-state index in [9.17, 15) is 9.59 Å². The number of likely N-dealkylation sites (N-methyl/N-ethyl adjacent to an activating group) is 1. The van der Waals surface area contributed by atoms with Gasteiger partial charge in [-0.25, -0.2) is 0 Å². The molecule has 1 amide bonds. The molecule has 0 saturated carbocycles. The number of hydrogen-bond acceptors (Lipinski definition) is 4. The molecular weight excluding hydrogens is 342 g/mol. The Morgan fingerprint density at radius 2 is 1.74 bits per heavy atom. The minimum atomic E-state index is -0.146. The molecule has 0 radical (unpaired) electrons. The monoisotopic (exact) mass is 365 g/mol. The Hall–Kier alpha value is -3.08. The van der Waals surface area contributed by atoms with Gasteiger partial charge in [0.25, 0.3) is 5.91 Å². The maximum Gasteiger partial charge on any atom is 0.260 e. The number of benzene rings is 2. The lowest BCUT2D eigenvalue weighted by Gasteiger charge is -2.18. The van der Waals surface area contributed by atoms with Gasteiger partial charge in [-0.2, -0.15) is 0 Å². The highest BCUT2D eigenvalue weighted by molar-refractivity contribution is 5.81. The minimum Gasteiger partial charge on any atom is -0.484 e. The van der Waals surface area contributed by atoms with E-state index in [-0.39, 0.29) is 17.9 Å². The number of nitrogens with zero attached hydrogens (tertiary/aromatic N) is 1. The first kappa shape index (κ1) is 18.7. The molecule has 27 heavy (non-hydrogen) atoms.